The standard InChI is InChI=1S/C32H35N5O5/c1-5-21-9-8-12-24(19-21)28(29(39)35-25-14-13-22-10-6-7-11-23(22)20-25)37(18-17-33)30(40)26(15-16-27(34)38)36-31(41)42-32(2,3)4/h5-14,19-20,26,28H,1,15-16,18H2,2-4H3,(H2,34,38)(H,35,39)(H,36,41). The number of carbonyl (C=O) groups is 4. The number of hydrogen-bond acceptors (Lipinski definition) is 6. The van der Waals surface area contributed by atoms with E-state index in [9.17, 15) is 24.4 Å². The van der Waals surface area contributed by atoms with E-state index >= 15 is 0 Å². The number of nitrogens with two attached hydrogens (primary N) is 1. The monoisotopic (exact) mass is 569 g/mol. The van der Waals surface area contributed by atoms with Gasteiger partial charge in [-0.3, -0.25) is 14.4 Å². The highest BCUT2D eigenvalue weighted by atomic mass is 16.6. The summed E-state index contributed by atoms with van der Waals surface area (Å²) in [6.07, 6.45) is 0.305. The van der Waals surface area contributed by atoms with Crippen molar-refractivity contribution < 1.29 is 23.9 Å². The summed E-state index contributed by atoms with van der Waals surface area (Å²) in [5.41, 5.74) is 6.07. The van der Waals surface area contributed by atoms with E-state index in [0.29, 0.717) is 16.8 Å². The average Bonchev–Trinajstić information content (AvgIpc) is 2.93. The van der Waals surface area contributed by atoms with Gasteiger partial charge in [0.1, 0.15) is 24.2 Å². The molecule has 0 aliphatic heterocycles. The first-order valence-electron chi connectivity index (χ1n) is 13.4. The second kappa shape index (κ2) is 13.9. The smallest absolute Gasteiger partial charge is 0.408 e. The Labute approximate surface area is 245 Å². The van der Waals surface area contributed by atoms with Crippen LogP contribution in [0.2, 0.25) is 0 Å². The van der Waals surface area contributed by atoms with Crippen molar-refractivity contribution in [3.63, 3.8) is 0 Å². The van der Waals surface area contributed by atoms with Gasteiger partial charge in [-0.05, 0) is 67.3 Å². The Morgan fingerprint density at radius 2 is 1.76 bits per heavy atom. The molecule has 42 heavy (non-hydrogen) atoms. The number of carbonyl (C=O) groups excluding carboxylic acids is 4. The molecule has 3 rings (SSSR count). The number of alkyl carbamates (subject to hydrolysis) is 1. The molecule has 10 heteroatoms. The van der Waals surface area contributed by atoms with Crippen LogP contribution in [0.25, 0.3) is 16.8 Å². The predicted molar refractivity (Wildman–Crippen MR) is 161 cm³/mol. The molecule has 0 fully saturated rings. The minimum absolute atomic E-state index is 0.166. The number of ether oxygens (including phenoxy) is 1. The maximum atomic E-state index is 14.0. The summed E-state index contributed by atoms with van der Waals surface area (Å²) >= 11 is 0. The Morgan fingerprint density at radius 3 is 2.40 bits per heavy atom. The number of hydrogen-bond donors (Lipinski definition) is 3. The fraction of sp³-hybridized carbons (Fsp3) is 0.281. The number of amides is 4. The van der Waals surface area contributed by atoms with Crippen LogP contribution in [0.15, 0.2) is 73.3 Å². The van der Waals surface area contributed by atoms with Crippen molar-refractivity contribution in [2.45, 2.75) is 51.3 Å². The number of primary amides is 1. The topological polar surface area (TPSA) is 155 Å². The summed E-state index contributed by atoms with van der Waals surface area (Å²) in [4.78, 5) is 53.2. The van der Waals surface area contributed by atoms with E-state index in [1.165, 1.54) is 0 Å². The quantitative estimate of drug-likeness (QED) is 0.285. The van der Waals surface area contributed by atoms with Gasteiger partial charge in [0.15, 0.2) is 0 Å². The molecule has 0 aromatic heterocycles. The number of nitrogens with zero attached hydrogens (tertiary/aromatic N) is 2. The van der Waals surface area contributed by atoms with Crippen LogP contribution < -0.4 is 16.4 Å². The minimum atomic E-state index is -1.31. The molecule has 0 aliphatic carbocycles. The minimum Gasteiger partial charge on any atom is -0.444 e. The zero-order chi connectivity index (χ0) is 30.9. The van der Waals surface area contributed by atoms with Crippen molar-refractivity contribution in [1.82, 2.24) is 10.2 Å². The van der Waals surface area contributed by atoms with E-state index in [1.807, 2.05) is 36.4 Å². The van der Waals surface area contributed by atoms with Crippen LogP contribution in [0, 0.1) is 11.3 Å². The third-order valence-electron chi connectivity index (χ3n) is 6.23. The molecule has 2 unspecified atom stereocenters. The summed E-state index contributed by atoms with van der Waals surface area (Å²) in [6.45, 7) is 8.28. The van der Waals surface area contributed by atoms with E-state index in [-0.39, 0.29) is 12.8 Å². The molecule has 3 aromatic rings. The molecule has 3 aromatic carbocycles. The van der Waals surface area contributed by atoms with Gasteiger partial charge in [-0.15, -0.1) is 0 Å². The van der Waals surface area contributed by atoms with E-state index in [1.54, 1.807) is 63.2 Å². The molecule has 4 amide bonds. The average molecular weight is 570 g/mol. The van der Waals surface area contributed by atoms with Crippen LogP contribution in [0.1, 0.15) is 50.8 Å². The number of nitrogens with one attached hydrogen (secondary N) is 2. The Bertz CT molecular complexity index is 1520. The van der Waals surface area contributed by atoms with Gasteiger partial charge in [0.05, 0.1) is 6.07 Å². The molecule has 0 saturated carbocycles. The van der Waals surface area contributed by atoms with E-state index < -0.39 is 48.0 Å². The van der Waals surface area contributed by atoms with E-state index in [4.69, 9.17) is 10.5 Å². The first-order valence-corrected chi connectivity index (χ1v) is 13.4. The summed E-state index contributed by atoms with van der Waals surface area (Å²) in [7, 11) is 0. The molecule has 0 spiro atoms. The van der Waals surface area contributed by atoms with Gasteiger partial charge in [0.25, 0.3) is 5.91 Å². The molecule has 0 saturated heterocycles. The lowest BCUT2D eigenvalue weighted by Gasteiger charge is -2.33. The highest BCUT2D eigenvalue weighted by Gasteiger charge is 2.36. The van der Waals surface area contributed by atoms with Crippen molar-refractivity contribution in [2.24, 2.45) is 5.73 Å². The van der Waals surface area contributed by atoms with Crippen molar-refractivity contribution in [3.05, 3.63) is 84.4 Å². The number of rotatable bonds is 11. The zero-order valence-electron chi connectivity index (χ0n) is 23.9. The molecule has 0 radical (unpaired) electrons. The molecule has 218 valence electrons. The van der Waals surface area contributed by atoms with Gasteiger partial charge in [0, 0.05) is 12.1 Å². The lowest BCUT2D eigenvalue weighted by Crippen LogP contribution is -2.52. The highest BCUT2D eigenvalue weighted by Crippen LogP contribution is 2.27. The van der Waals surface area contributed by atoms with Crippen LogP contribution in [-0.4, -0.2) is 46.9 Å². The van der Waals surface area contributed by atoms with Gasteiger partial charge in [-0.1, -0.05) is 61.2 Å². The van der Waals surface area contributed by atoms with E-state index in [0.717, 1.165) is 15.7 Å². The number of nitriles is 1. The van der Waals surface area contributed by atoms with Gasteiger partial charge < -0.3 is 26.0 Å². The normalized spacial score (nSPS) is 12.3. The van der Waals surface area contributed by atoms with Crippen LogP contribution in [0.4, 0.5) is 10.5 Å². The Morgan fingerprint density at radius 1 is 1.05 bits per heavy atom. The largest absolute Gasteiger partial charge is 0.444 e. The summed E-state index contributed by atoms with van der Waals surface area (Å²) < 4.78 is 5.31. The summed E-state index contributed by atoms with van der Waals surface area (Å²) in [5.74, 6) is -2.03. The van der Waals surface area contributed by atoms with Crippen LogP contribution in [0.3, 0.4) is 0 Å². The third-order valence-corrected chi connectivity index (χ3v) is 6.23. The second-order valence-corrected chi connectivity index (χ2v) is 10.7. The Balaban J connectivity index is 2.04. The van der Waals surface area contributed by atoms with Gasteiger partial charge >= 0.3 is 6.09 Å². The molecule has 2 atom stereocenters. The molecule has 0 bridgehead atoms. The maximum absolute atomic E-state index is 14.0. The molecule has 10 nitrogen and oxygen atoms in total. The summed E-state index contributed by atoms with van der Waals surface area (Å²) in [5, 5.41) is 17.0. The maximum Gasteiger partial charge on any atom is 0.408 e. The van der Waals surface area contributed by atoms with Gasteiger partial charge in [0.2, 0.25) is 11.8 Å². The van der Waals surface area contributed by atoms with Gasteiger partial charge in [-0.25, -0.2) is 4.79 Å². The molecule has 0 heterocycles. The first kappa shape index (κ1) is 31.4. The zero-order valence-corrected chi connectivity index (χ0v) is 23.9. The fourth-order valence-corrected chi connectivity index (χ4v) is 4.37. The van der Waals surface area contributed by atoms with Crippen molar-refractivity contribution in [3.8, 4) is 6.07 Å². The van der Waals surface area contributed by atoms with Crippen molar-refractivity contribution >= 4 is 46.4 Å². The van der Waals surface area contributed by atoms with Crippen LogP contribution >= 0.6 is 0 Å². The molecular formula is C32H35N5O5. The van der Waals surface area contributed by atoms with Crippen molar-refractivity contribution in [2.75, 3.05) is 11.9 Å². The predicted octanol–water partition coefficient (Wildman–Crippen LogP) is 4.67. The number of benzene rings is 3. The molecule has 4 N–H and O–H groups in total. The number of anilines is 1. The van der Waals surface area contributed by atoms with Crippen LogP contribution in [-0.2, 0) is 19.1 Å². The fourth-order valence-electron chi connectivity index (χ4n) is 4.37. The van der Waals surface area contributed by atoms with E-state index in [2.05, 4.69) is 17.2 Å². The Kier molecular flexibility index (Phi) is 10.4. The SMILES string of the molecule is C=Cc1cccc(C(C(=O)Nc2ccc3ccccc3c2)N(CC#N)C(=O)C(CCC(N)=O)NC(=O)OC(C)(C)C)c1. The Hall–Kier alpha value is -5.17. The van der Waals surface area contributed by atoms with Gasteiger partial charge in [-0.2, -0.15) is 5.26 Å². The number of fused-ring (bicyclic) bond motifs is 1. The highest BCUT2D eigenvalue weighted by molar-refractivity contribution is 6.00. The lowest BCUT2D eigenvalue weighted by atomic mass is 9.99. The second-order valence-electron chi connectivity index (χ2n) is 10.7. The van der Waals surface area contributed by atoms with Crippen molar-refractivity contribution in [1.29, 1.82) is 5.26 Å². The van der Waals surface area contributed by atoms with Crippen LogP contribution in [0.5, 0.6) is 0 Å². The lowest BCUT2D eigenvalue weighted by molar-refractivity contribution is -0.140. The summed E-state index contributed by atoms with van der Waals surface area (Å²) in [6, 6.07) is 19.3. The molecule has 0 aliphatic rings. The molecular weight excluding hydrogens is 534 g/mol. The third kappa shape index (κ3) is 8.66. The first-order chi connectivity index (χ1) is 19.9.